The van der Waals surface area contributed by atoms with Gasteiger partial charge in [0.05, 0.1) is 29.9 Å². The number of carboxylic acid groups (broad SMARTS) is 1. The van der Waals surface area contributed by atoms with E-state index in [0.29, 0.717) is 22.5 Å². The van der Waals surface area contributed by atoms with E-state index in [2.05, 4.69) is 14.7 Å². The Morgan fingerprint density at radius 3 is 2.38 bits per heavy atom. The molecule has 32 heavy (non-hydrogen) atoms. The van der Waals surface area contributed by atoms with Crippen LogP contribution in [0.15, 0.2) is 30.3 Å². The Hall–Kier alpha value is -2.89. The van der Waals surface area contributed by atoms with E-state index in [-0.39, 0.29) is 18.3 Å². The molecule has 2 rings (SSSR count). The quantitative estimate of drug-likeness (QED) is 0.470. The number of carbonyl (C=O) groups is 1. The number of aliphatic carboxylic acids is 1. The fourth-order valence-corrected chi connectivity index (χ4v) is 3.39. The smallest absolute Gasteiger partial charge is 0.237 e. The highest BCUT2D eigenvalue weighted by molar-refractivity contribution is 7.91. The van der Waals surface area contributed by atoms with Crippen LogP contribution in [0.1, 0.15) is 43.9 Å². The second kappa shape index (κ2) is 10.6. The molecule has 1 heterocycles. The summed E-state index contributed by atoms with van der Waals surface area (Å²) in [7, 11) is -3.66. The van der Waals surface area contributed by atoms with Crippen LogP contribution in [0.25, 0.3) is 17.3 Å². The minimum absolute atomic E-state index is 0.155. The van der Waals surface area contributed by atoms with Crippen LogP contribution in [0.4, 0.5) is 10.3 Å². The van der Waals surface area contributed by atoms with Crippen LogP contribution in [-0.4, -0.2) is 53.0 Å². The molecule has 0 aliphatic carbocycles. The number of hydrogen-bond donors (Lipinski definition) is 3. The monoisotopic (exact) mass is 466 g/mol. The Labute approximate surface area is 185 Å². The lowest BCUT2D eigenvalue weighted by atomic mass is 9.97. The lowest BCUT2D eigenvalue weighted by Crippen LogP contribution is -2.29. The normalized spacial score (nSPS) is 14.0. The van der Waals surface area contributed by atoms with Gasteiger partial charge in [0.25, 0.3) is 0 Å². The molecule has 0 spiro atoms. The van der Waals surface area contributed by atoms with Crippen molar-refractivity contribution in [2.45, 2.75) is 44.8 Å². The van der Waals surface area contributed by atoms with E-state index in [9.17, 15) is 32.9 Å². The van der Waals surface area contributed by atoms with Gasteiger partial charge in [0.2, 0.25) is 16.0 Å². The van der Waals surface area contributed by atoms with E-state index in [1.807, 2.05) is 13.8 Å². The number of aliphatic hydroxyl groups is 2. The zero-order chi connectivity index (χ0) is 24.1. The molecule has 0 bridgehead atoms. The number of carbonyl (C=O) groups excluding carboxylic acids is 1. The minimum atomic E-state index is -3.66. The Kier molecular flexibility index (Phi) is 8.42. The van der Waals surface area contributed by atoms with Gasteiger partial charge in [-0.1, -0.05) is 26.0 Å². The first-order valence-electron chi connectivity index (χ1n) is 9.75. The summed E-state index contributed by atoms with van der Waals surface area (Å²) in [5.74, 6) is -2.23. The number of nitrogens with zero attached hydrogens (tertiary/aromatic N) is 2. The number of halogens is 1. The highest BCUT2D eigenvalue weighted by Gasteiger charge is 2.19. The maximum absolute atomic E-state index is 13.4. The zero-order valence-corrected chi connectivity index (χ0v) is 18.6. The second-order valence-electron chi connectivity index (χ2n) is 7.62. The first-order chi connectivity index (χ1) is 14.9. The fraction of sp³-hybridized carbons (Fsp3) is 0.381. The predicted octanol–water partition coefficient (Wildman–Crippen LogP) is 1.04. The molecule has 0 saturated heterocycles. The zero-order valence-electron chi connectivity index (χ0n) is 17.8. The molecule has 0 aliphatic heterocycles. The number of sulfonamides is 1. The molecule has 0 radical (unpaired) electrons. The van der Waals surface area contributed by atoms with Crippen LogP contribution in [0.3, 0.4) is 0 Å². The first kappa shape index (κ1) is 25.4. The number of anilines is 1. The van der Waals surface area contributed by atoms with Crippen LogP contribution >= 0.6 is 0 Å². The van der Waals surface area contributed by atoms with Gasteiger partial charge in [-0.25, -0.2) is 22.8 Å². The number of hydrogen-bond acceptors (Lipinski definition) is 8. The molecule has 0 aliphatic rings. The van der Waals surface area contributed by atoms with Crippen LogP contribution in [0.2, 0.25) is 0 Å². The summed E-state index contributed by atoms with van der Waals surface area (Å²) in [5, 5.41) is 30.5. The van der Waals surface area contributed by atoms with Crippen molar-refractivity contribution in [3.05, 3.63) is 47.4 Å². The molecule has 0 amide bonds. The number of aromatic nitrogens is 2. The summed E-state index contributed by atoms with van der Waals surface area (Å²) < 4.78 is 39.1. The molecule has 0 fully saturated rings. The van der Waals surface area contributed by atoms with E-state index in [0.717, 1.165) is 6.26 Å². The van der Waals surface area contributed by atoms with E-state index in [1.165, 1.54) is 36.4 Å². The van der Waals surface area contributed by atoms with Gasteiger partial charge < -0.3 is 20.1 Å². The van der Waals surface area contributed by atoms with Crippen molar-refractivity contribution in [2.75, 3.05) is 11.0 Å². The fourth-order valence-electron chi connectivity index (χ4n) is 2.97. The van der Waals surface area contributed by atoms with Crippen molar-refractivity contribution in [1.82, 2.24) is 9.97 Å². The van der Waals surface area contributed by atoms with Crippen molar-refractivity contribution in [1.29, 1.82) is 0 Å². The Morgan fingerprint density at radius 1 is 1.22 bits per heavy atom. The van der Waals surface area contributed by atoms with Crippen molar-refractivity contribution >= 4 is 28.0 Å². The van der Waals surface area contributed by atoms with Crippen molar-refractivity contribution in [3.63, 3.8) is 0 Å². The molecular weight excluding hydrogens is 441 g/mol. The van der Waals surface area contributed by atoms with Crippen LogP contribution < -0.4 is 9.83 Å². The highest BCUT2D eigenvalue weighted by atomic mass is 32.2. The minimum Gasteiger partial charge on any atom is -0.550 e. The van der Waals surface area contributed by atoms with Gasteiger partial charge >= 0.3 is 0 Å². The van der Waals surface area contributed by atoms with Gasteiger partial charge in [-0.15, -0.1) is 0 Å². The number of nitrogens with one attached hydrogen (secondary N) is 1. The Bertz CT molecular complexity index is 1090. The van der Waals surface area contributed by atoms with Crippen molar-refractivity contribution in [3.8, 4) is 11.3 Å². The first-order valence-corrected chi connectivity index (χ1v) is 11.6. The van der Waals surface area contributed by atoms with Gasteiger partial charge in [0.1, 0.15) is 5.82 Å². The third-order valence-electron chi connectivity index (χ3n) is 4.32. The number of rotatable bonds is 10. The maximum Gasteiger partial charge on any atom is 0.237 e. The standard InChI is InChI=1S/C21H26FN3O6S/c1-12(2)19-17(9-8-15(26)10-16(27)11-18(28)29)20(13-4-6-14(22)7-5-13)24-21(23-19)25-32(3,30)31/h4-9,12,15-16,26-27H,10-11H2,1-3H3,(H,28,29)(H,23,24,25)/p-1/b9-8+/t15-,16-/m1/s1. The molecule has 2 aromatic rings. The summed E-state index contributed by atoms with van der Waals surface area (Å²) in [6.07, 6.45) is 0.497. The lowest BCUT2D eigenvalue weighted by molar-refractivity contribution is -0.307. The molecule has 1 aromatic heterocycles. The Balaban J connectivity index is 2.55. The second-order valence-corrected chi connectivity index (χ2v) is 9.37. The molecule has 1 aromatic carbocycles. The summed E-state index contributed by atoms with van der Waals surface area (Å²) in [4.78, 5) is 19.2. The van der Waals surface area contributed by atoms with Crippen molar-refractivity contribution < 1.29 is 32.9 Å². The van der Waals surface area contributed by atoms with E-state index >= 15 is 0 Å². The number of benzene rings is 1. The van der Waals surface area contributed by atoms with E-state index in [1.54, 1.807) is 0 Å². The van der Waals surface area contributed by atoms with Gasteiger partial charge in [0.15, 0.2) is 0 Å². The predicted molar refractivity (Wildman–Crippen MR) is 115 cm³/mol. The van der Waals surface area contributed by atoms with Crippen LogP contribution in [0, 0.1) is 5.82 Å². The van der Waals surface area contributed by atoms with Crippen molar-refractivity contribution in [2.24, 2.45) is 0 Å². The molecule has 9 nitrogen and oxygen atoms in total. The average molecular weight is 467 g/mol. The molecule has 3 N–H and O–H groups in total. The van der Waals surface area contributed by atoms with Crippen LogP contribution in [0.5, 0.6) is 0 Å². The number of aliphatic hydroxyl groups excluding tert-OH is 2. The number of carboxylic acids is 1. The van der Waals surface area contributed by atoms with E-state index in [4.69, 9.17) is 0 Å². The summed E-state index contributed by atoms with van der Waals surface area (Å²) in [5.41, 5.74) is 1.70. The molecule has 0 unspecified atom stereocenters. The SMILES string of the molecule is CC(C)c1nc(NS(C)(=O)=O)nc(-c2ccc(F)cc2)c1/C=C/[C@@H](O)C[C@@H](O)CC(=O)[O-]. The van der Waals surface area contributed by atoms with Gasteiger partial charge in [-0.05, 0) is 30.2 Å². The molecule has 11 heteroatoms. The van der Waals surface area contributed by atoms with Gasteiger partial charge in [-0.2, -0.15) is 0 Å². The summed E-state index contributed by atoms with van der Waals surface area (Å²) >= 11 is 0. The topological polar surface area (TPSA) is 153 Å². The summed E-state index contributed by atoms with van der Waals surface area (Å²) in [6, 6.07) is 5.41. The molecular formula is C21H25FN3O6S-. The molecule has 174 valence electrons. The Morgan fingerprint density at radius 2 is 1.84 bits per heavy atom. The van der Waals surface area contributed by atoms with Gasteiger partial charge in [0, 0.05) is 29.9 Å². The van der Waals surface area contributed by atoms with Gasteiger partial charge in [-0.3, -0.25) is 4.72 Å². The third kappa shape index (κ3) is 7.66. The largest absolute Gasteiger partial charge is 0.550 e. The maximum atomic E-state index is 13.4. The third-order valence-corrected chi connectivity index (χ3v) is 4.87. The van der Waals surface area contributed by atoms with Crippen LogP contribution in [-0.2, 0) is 14.8 Å². The average Bonchev–Trinajstić information content (AvgIpc) is 2.64. The summed E-state index contributed by atoms with van der Waals surface area (Å²) in [6.45, 7) is 3.66. The molecule has 2 atom stereocenters. The van der Waals surface area contributed by atoms with E-state index < -0.39 is 40.4 Å². The molecule has 0 saturated carbocycles. The highest BCUT2D eigenvalue weighted by Crippen LogP contribution is 2.30. The lowest BCUT2D eigenvalue weighted by Gasteiger charge is -2.17.